The van der Waals surface area contributed by atoms with Crippen LogP contribution in [0.25, 0.3) is 0 Å². The Morgan fingerprint density at radius 3 is 2.81 bits per heavy atom. The fraction of sp³-hybridized carbons (Fsp3) is 0.235. The van der Waals surface area contributed by atoms with Crippen LogP contribution in [0.15, 0.2) is 47.5 Å². The summed E-state index contributed by atoms with van der Waals surface area (Å²) in [7, 11) is -3.86. The summed E-state index contributed by atoms with van der Waals surface area (Å²) >= 11 is 0. The van der Waals surface area contributed by atoms with E-state index < -0.39 is 15.9 Å². The number of nitrogens with zero attached hydrogens (tertiary/aromatic N) is 2. The number of hydrogen-bond donors (Lipinski definition) is 2. The largest absolute Gasteiger partial charge is 0.354 e. The fourth-order valence-electron chi connectivity index (χ4n) is 2.56. The number of piperazine rings is 1. The third-order valence-electron chi connectivity index (χ3n) is 3.98. The van der Waals surface area contributed by atoms with E-state index in [-0.39, 0.29) is 36.0 Å². The molecule has 0 unspecified atom stereocenters. The zero-order chi connectivity index (χ0) is 18.7. The predicted octanol–water partition coefficient (Wildman–Crippen LogP) is 0.763. The summed E-state index contributed by atoms with van der Waals surface area (Å²) in [4.78, 5) is 28.0. The molecule has 3 rings (SSSR count). The van der Waals surface area contributed by atoms with Crippen molar-refractivity contribution in [1.29, 1.82) is 0 Å². The lowest BCUT2D eigenvalue weighted by atomic mass is 10.2. The van der Waals surface area contributed by atoms with E-state index in [1.54, 1.807) is 12.3 Å². The Bertz CT molecular complexity index is 959. The van der Waals surface area contributed by atoms with Gasteiger partial charge in [0.1, 0.15) is 5.82 Å². The van der Waals surface area contributed by atoms with E-state index >= 15 is 0 Å². The van der Waals surface area contributed by atoms with Crippen molar-refractivity contribution < 1.29 is 18.0 Å². The van der Waals surface area contributed by atoms with Crippen LogP contribution < -0.4 is 10.6 Å². The van der Waals surface area contributed by atoms with E-state index in [2.05, 4.69) is 15.6 Å². The molecule has 26 heavy (non-hydrogen) atoms. The number of aryl methyl sites for hydroxylation is 1. The van der Waals surface area contributed by atoms with Gasteiger partial charge in [0.15, 0.2) is 0 Å². The molecule has 1 aromatic heterocycles. The van der Waals surface area contributed by atoms with Gasteiger partial charge in [-0.1, -0.05) is 12.1 Å². The number of sulfonamides is 1. The summed E-state index contributed by atoms with van der Waals surface area (Å²) in [5.41, 5.74) is 0.988. The number of carbonyl (C=O) groups excluding carboxylic acids is 2. The van der Waals surface area contributed by atoms with Gasteiger partial charge < -0.3 is 10.6 Å². The van der Waals surface area contributed by atoms with Crippen molar-refractivity contribution >= 4 is 27.7 Å². The van der Waals surface area contributed by atoms with E-state index in [1.807, 2.05) is 13.0 Å². The molecule has 8 nitrogen and oxygen atoms in total. The Morgan fingerprint density at radius 1 is 1.27 bits per heavy atom. The molecule has 9 heteroatoms. The van der Waals surface area contributed by atoms with Crippen molar-refractivity contribution in [2.75, 3.05) is 25.0 Å². The number of amides is 2. The number of anilines is 1. The standard InChI is InChI=1S/C17H18N4O4S/c1-12-4-3-7-19-16(12)20-17(23)13-5-2-6-14(10-13)26(24,25)21-9-8-18-15(22)11-21/h2-7,10H,8-9,11H2,1H3,(H,18,22)(H,19,20,23). The van der Waals surface area contributed by atoms with Gasteiger partial charge in [-0.3, -0.25) is 9.59 Å². The fourth-order valence-corrected chi connectivity index (χ4v) is 4.01. The molecule has 0 spiro atoms. The molecule has 2 aromatic rings. The molecule has 136 valence electrons. The lowest BCUT2D eigenvalue weighted by Crippen LogP contribution is -2.49. The molecule has 0 aliphatic carbocycles. The van der Waals surface area contributed by atoms with E-state index in [4.69, 9.17) is 0 Å². The monoisotopic (exact) mass is 374 g/mol. The second-order valence-corrected chi connectivity index (χ2v) is 7.78. The van der Waals surface area contributed by atoms with Gasteiger partial charge in [0.05, 0.1) is 11.4 Å². The zero-order valence-electron chi connectivity index (χ0n) is 14.1. The van der Waals surface area contributed by atoms with Crippen molar-refractivity contribution in [2.45, 2.75) is 11.8 Å². The number of hydrogen-bond acceptors (Lipinski definition) is 5. The highest BCUT2D eigenvalue weighted by Gasteiger charge is 2.29. The first-order valence-corrected chi connectivity index (χ1v) is 9.42. The van der Waals surface area contributed by atoms with Crippen molar-refractivity contribution in [3.05, 3.63) is 53.7 Å². The summed E-state index contributed by atoms with van der Waals surface area (Å²) in [6.07, 6.45) is 1.56. The molecule has 2 heterocycles. The topological polar surface area (TPSA) is 108 Å². The molecule has 1 saturated heterocycles. The number of pyridine rings is 1. The molecule has 1 aromatic carbocycles. The van der Waals surface area contributed by atoms with Crippen LogP contribution in [0.3, 0.4) is 0 Å². The highest BCUT2D eigenvalue weighted by Crippen LogP contribution is 2.19. The average Bonchev–Trinajstić information content (AvgIpc) is 2.63. The van der Waals surface area contributed by atoms with Gasteiger partial charge >= 0.3 is 0 Å². The van der Waals surface area contributed by atoms with Crippen molar-refractivity contribution in [2.24, 2.45) is 0 Å². The summed E-state index contributed by atoms with van der Waals surface area (Å²) < 4.78 is 26.5. The molecule has 1 fully saturated rings. The number of rotatable bonds is 4. The van der Waals surface area contributed by atoms with Crippen molar-refractivity contribution in [3.8, 4) is 0 Å². The summed E-state index contributed by atoms with van der Waals surface area (Å²) in [6.45, 7) is 2.03. The Kier molecular flexibility index (Phi) is 5.01. The van der Waals surface area contributed by atoms with E-state index in [1.165, 1.54) is 24.3 Å². The van der Waals surface area contributed by atoms with Gasteiger partial charge in [0, 0.05) is 24.8 Å². The van der Waals surface area contributed by atoms with Gasteiger partial charge in [-0.2, -0.15) is 4.31 Å². The number of benzene rings is 1. The summed E-state index contributed by atoms with van der Waals surface area (Å²) in [5.74, 6) is -0.391. The van der Waals surface area contributed by atoms with Crippen molar-refractivity contribution in [3.63, 3.8) is 0 Å². The molecule has 0 radical (unpaired) electrons. The minimum atomic E-state index is -3.86. The molecule has 0 atom stereocenters. The summed E-state index contributed by atoms with van der Waals surface area (Å²) in [5, 5.41) is 5.25. The van der Waals surface area contributed by atoms with E-state index in [9.17, 15) is 18.0 Å². The Morgan fingerprint density at radius 2 is 2.08 bits per heavy atom. The van der Waals surface area contributed by atoms with Gasteiger partial charge in [0.25, 0.3) is 5.91 Å². The minimum Gasteiger partial charge on any atom is -0.354 e. The Labute approximate surface area is 151 Å². The smallest absolute Gasteiger partial charge is 0.256 e. The summed E-state index contributed by atoms with van der Waals surface area (Å²) in [6, 6.07) is 9.30. The van der Waals surface area contributed by atoms with Crippen LogP contribution in [-0.2, 0) is 14.8 Å². The maximum absolute atomic E-state index is 12.7. The average molecular weight is 374 g/mol. The molecule has 1 aliphatic heterocycles. The maximum Gasteiger partial charge on any atom is 0.256 e. The van der Waals surface area contributed by atoms with Crippen LogP contribution in [0.4, 0.5) is 5.82 Å². The first kappa shape index (κ1) is 18.0. The molecule has 1 aliphatic rings. The highest BCUT2D eigenvalue weighted by atomic mass is 32.2. The Hall–Kier alpha value is -2.78. The third-order valence-corrected chi connectivity index (χ3v) is 5.82. The Balaban J connectivity index is 1.84. The molecule has 2 amide bonds. The second-order valence-electron chi connectivity index (χ2n) is 5.84. The minimum absolute atomic E-state index is 0.0300. The molecule has 0 saturated carbocycles. The third kappa shape index (κ3) is 3.73. The molecular formula is C17H18N4O4S. The normalized spacial score (nSPS) is 15.3. The van der Waals surface area contributed by atoms with Gasteiger partial charge in [-0.05, 0) is 36.8 Å². The van der Waals surface area contributed by atoms with Crippen molar-refractivity contribution in [1.82, 2.24) is 14.6 Å². The van der Waals surface area contributed by atoms with Crippen LogP contribution in [0.2, 0.25) is 0 Å². The first-order valence-electron chi connectivity index (χ1n) is 7.98. The molecule has 2 N–H and O–H groups in total. The van der Waals surface area contributed by atoms with E-state index in [0.717, 1.165) is 9.87 Å². The van der Waals surface area contributed by atoms with Gasteiger partial charge in [-0.25, -0.2) is 13.4 Å². The molecular weight excluding hydrogens is 356 g/mol. The zero-order valence-corrected chi connectivity index (χ0v) is 14.9. The van der Waals surface area contributed by atoms with Gasteiger partial charge in [0.2, 0.25) is 15.9 Å². The predicted molar refractivity (Wildman–Crippen MR) is 95.1 cm³/mol. The van der Waals surface area contributed by atoms with E-state index in [0.29, 0.717) is 5.82 Å². The van der Waals surface area contributed by atoms with Crippen LogP contribution >= 0.6 is 0 Å². The number of nitrogens with one attached hydrogen (secondary N) is 2. The van der Waals surface area contributed by atoms with Gasteiger partial charge in [-0.15, -0.1) is 0 Å². The number of aromatic nitrogens is 1. The maximum atomic E-state index is 12.7. The quantitative estimate of drug-likeness (QED) is 0.821. The SMILES string of the molecule is Cc1cccnc1NC(=O)c1cccc(S(=O)(=O)N2CCNC(=O)C2)c1. The first-order chi connectivity index (χ1) is 12.4. The highest BCUT2D eigenvalue weighted by molar-refractivity contribution is 7.89. The molecule has 0 bridgehead atoms. The number of carbonyl (C=O) groups is 2. The van der Waals surface area contributed by atoms with Crippen LogP contribution in [-0.4, -0.2) is 49.2 Å². The van der Waals surface area contributed by atoms with Crippen LogP contribution in [0.1, 0.15) is 15.9 Å². The lowest BCUT2D eigenvalue weighted by molar-refractivity contribution is -0.122. The second kappa shape index (κ2) is 7.22. The van der Waals surface area contributed by atoms with Crippen LogP contribution in [0, 0.1) is 6.92 Å². The van der Waals surface area contributed by atoms with Crippen LogP contribution in [0.5, 0.6) is 0 Å². The lowest BCUT2D eigenvalue weighted by Gasteiger charge is -2.26.